The summed E-state index contributed by atoms with van der Waals surface area (Å²) in [5.41, 5.74) is 0.630. The largest absolute Gasteiger partial charge is 0.450 e. The number of hydrogen-bond donors (Lipinski definition) is 1. The van der Waals surface area contributed by atoms with Gasteiger partial charge in [0.15, 0.2) is 0 Å². The number of nitrogens with zero attached hydrogens (tertiary/aromatic N) is 3. The molecule has 1 aliphatic heterocycles. The Morgan fingerprint density at radius 2 is 1.89 bits per heavy atom. The first-order chi connectivity index (χ1) is 13.1. The number of ether oxygens (including phenoxy) is 1. The Hall–Kier alpha value is -2.31. The number of aromatic nitrogens is 1. The maximum atomic E-state index is 12.7. The Morgan fingerprint density at radius 3 is 2.48 bits per heavy atom. The Labute approximate surface area is 162 Å². The molecule has 0 radical (unpaired) electrons. The van der Waals surface area contributed by atoms with Crippen molar-refractivity contribution in [3.8, 4) is 0 Å². The van der Waals surface area contributed by atoms with Gasteiger partial charge in [-0.1, -0.05) is 13.8 Å². The van der Waals surface area contributed by atoms with Crippen molar-refractivity contribution in [1.82, 2.24) is 15.2 Å². The van der Waals surface area contributed by atoms with E-state index in [9.17, 15) is 9.59 Å². The number of hydrogen-bond acceptors (Lipinski definition) is 5. The number of nitrogens with one attached hydrogen (secondary N) is 1. The third-order valence-electron chi connectivity index (χ3n) is 4.67. The molecule has 7 nitrogen and oxygen atoms in total. The first kappa shape index (κ1) is 21.0. The molecule has 2 amide bonds. The molecule has 0 aliphatic carbocycles. The van der Waals surface area contributed by atoms with Crippen LogP contribution < -0.4 is 10.2 Å². The number of anilines is 1. The average Bonchev–Trinajstić information content (AvgIpc) is 2.68. The smallest absolute Gasteiger partial charge is 0.409 e. The number of pyridine rings is 1. The van der Waals surface area contributed by atoms with E-state index in [1.54, 1.807) is 24.1 Å². The highest BCUT2D eigenvalue weighted by Gasteiger charge is 2.25. The zero-order valence-corrected chi connectivity index (χ0v) is 16.7. The van der Waals surface area contributed by atoms with Crippen molar-refractivity contribution < 1.29 is 14.3 Å². The molecule has 1 aromatic heterocycles. The summed E-state index contributed by atoms with van der Waals surface area (Å²) in [5.74, 6) is 0.768. The Balaban J connectivity index is 1.93. The van der Waals surface area contributed by atoms with Crippen LogP contribution in [0.25, 0.3) is 0 Å². The number of likely N-dealkylation sites (tertiary alicyclic amines) is 1. The summed E-state index contributed by atoms with van der Waals surface area (Å²) in [7, 11) is 0. The van der Waals surface area contributed by atoms with Crippen LogP contribution in [0.4, 0.5) is 10.6 Å². The van der Waals surface area contributed by atoms with Gasteiger partial charge in [-0.2, -0.15) is 0 Å². The van der Waals surface area contributed by atoms with E-state index < -0.39 is 0 Å². The summed E-state index contributed by atoms with van der Waals surface area (Å²) in [6, 6.07) is 3.69. The molecule has 1 N–H and O–H groups in total. The quantitative estimate of drug-likeness (QED) is 0.755. The van der Waals surface area contributed by atoms with Crippen LogP contribution in [0.5, 0.6) is 0 Å². The van der Waals surface area contributed by atoms with Crippen molar-refractivity contribution in [2.24, 2.45) is 0 Å². The Bertz CT molecular complexity index is 609. The Morgan fingerprint density at radius 1 is 1.22 bits per heavy atom. The fourth-order valence-electron chi connectivity index (χ4n) is 3.30. The van der Waals surface area contributed by atoms with Crippen molar-refractivity contribution in [1.29, 1.82) is 0 Å². The molecule has 1 aliphatic rings. The Kier molecular flexibility index (Phi) is 8.36. The number of piperidine rings is 1. The molecule has 2 heterocycles. The van der Waals surface area contributed by atoms with Gasteiger partial charge in [0, 0.05) is 44.0 Å². The van der Waals surface area contributed by atoms with Gasteiger partial charge in [-0.15, -0.1) is 0 Å². The van der Waals surface area contributed by atoms with Crippen LogP contribution in [0, 0.1) is 0 Å². The van der Waals surface area contributed by atoms with Gasteiger partial charge in [0.05, 0.1) is 6.61 Å². The molecule has 0 atom stereocenters. The van der Waals surface area contributed by atoms with E-state index in [0.29, 0.717) is 25.3 Å². The zero-order chi connectivity index (χ0) is 19.6. The number of rotatable bonds is 8. The monoisotopic (exact) mass is 376 g/mol. The highest BCUT2D eigenvalue weighted by Crippen LogP contribution is 2.16. The van der Waals surface area contributed by atoms with Gasteiger partial charge in [0.2, 0.25) is 0 Å². The van der Waals surface area contributed by atoms with E-state index in [1.807, 2.05) is 6.07 Å². The number of carbonyl (C=O) groups excluding carboxylic acids is 2. The number of carbonyl (C=O) groups is 2. The third-order valence-corrected chi connectivity index (χ3v) is 4.67. The van der Waals surface area contributed by atoms with E-state index in [0.717, 1.165) is 44.6 Å². The van der Waals surface area contributed by atoms with Gasteiger partial charge in [-0.3, -0.25) is 4.79 Å². The first-order valence-electron chi connectivity index (χ1n) is 10.0. The van der Waals surface area contributed by atoms with Crippen molar-refractivity contribution in [3.63, 3.8) is 0 Å². The molecule has 150 valence electrons. The molecule has 0 saturated carbocycles. The second-order valence-corrected chi connectivity index (χ2v) is 6.82. The maximum absolute atomic E-state index is 12.7. The molecule has 1 fully saturated rings. The molecule has 7 heteroatoms. The lowest BCUT2D eigenvalue weighted by Gasteiger charge is -2.31. The molecule has 0 spiro atoms. The summed E-state index contributed by atoms with van der Waals surface area (Å²) in [6.45, 7) is 9.53. The van der Waals surface area contributed by atoms with Crippen LogP contribution in [0.3, 0.4) is 0 Å². The van der Waals surface area contributed by atoms with Gasteiger partial charge in [-0.25, -0.2) is 9.78 Å². The molecule has 1 saturated heterocycles. The van der Waals surface area contributed by atoms with E-state index in [4.69, 9.17) is 4.74 Å². The van der Waals surface area contributed by atoms with E-state index in [2.05, 4.69) is 29.0 Å². The summed E-state index contributed by atoms with van der Waals surface area (Å²) < 4.78 is 5.03. The minimum Gasteiger partial charge on any atom is -0.450 e. The zero-order valence-electron chi connectivity index (χ0n) is 16.7. The minimum absolute atomic E-state index is 0.0715. The summed E-state index contributed by atoms with van der Waals surface area (Å²) in [6.07, 6.45) is 4.98. The lowest BCUT2D eigenvalue weighted by molar-refractivity contribution is 0.0860. The molecule has 1 aromatic rings. The predicted octanol–water partition coefficient (Wildman–Crippen LogP) is 3.06. The van der Waals surface area contributed by atoms with Gasteiger partial charge >= 0.3 is 6.09 Å². The maximum Gasteiger partial charge on any atom is 0.409 e. The van der Waals surface area contributed by atoms with Crippen LogP contribution in [0.15, 0.2) is 18.3 Å². The first-order valence-corrected chi connectivity index (χ1v) is 10.0. The van der Waals surface area contributed by atoms with E-state index >= 15 is 0 Å². The second kappa shape index (κ2) is 10.7. The minimum atomic E-state index is -0.270. The van der Waals surface area contributed by atoms with Gasteiger partial charge in [0.25, 0.3) is 5.91 Å². The fraction of sp³-hybridized carbons (Fsp3) is 0.650. The fourth-order valence-corrected chi connectivity index (χ4v) is 3.30. The lowest BCUT2D eigenvalue weighted by Crippen LogP contribution is -2.46. The van der Waals surface area contributed by atoms with E-state index in [-0.39, 0.29) is 18.0 Å². The second-order valence-electron chi connectivity index (χ2n) is 6.82. The van der Waals surface area contributed by atoms with Crippen LogP contribution >= 0.6 is 0 Å². The van der Waals surface area contributed by atoms with E-state index in [1.165, 1.54) is 0 Å². The van der Waals surface area contributed by atoms with Crippen LogP contribution in [-0.4, -0.2) is 60.7 Å². The van der Waals surface area contributed by atoms with Crippen molar-refractivity contribution in [2.75, 3.05) is 37.7 Å². The van der Waals surface area contributed by atoms with Gasteiger partial charge < -0.3 is 19.9 Å². The van der Waals surface area contributed by atoms with Gasteiger partial charge in [-0.05, 0) is 44.7 Å². The van der Waals surface area contributed by atoms with Gasteiger partial charge in [0.1, 0.15) is 5.82 Å². The highest BCUT2D eigenvalue weighted by molar-refractivity contribution is 5.95. The van der Waals surface area contributed by atoms with Crippen LogP contribution in [-0.2, 0) is 4.74 Å². The highest BCUT2D eigenvalue weighted by atomic mass is 16.6. The summed E-state index contributed by atoms with van der Waals surface area (Å²) in [5, 5.41) is 3.09. The topological polar surface area (TPSA) is 74.8 Å². The van der Waals surface area contributed by atoms with Crippen LogP contribution in [0.2, 0.25) is 0 Å². The van der Waals surface area contributed by atoms with Crippen molar-refractivity contribution in [3.05, 3.63) is 23.9 Å². The van der Waals surface area contributed by atoms with Crippen molar-refractivity contribution >= 4 is 17.8 Å². The van der Waals surface area contributed by atoms with Crippen molar-refractivity contribution in [2.45, 2.75) is 52.5 Å². The molecule has 0 unspecified atom stereocenters. The third kappa shape index (κ3) is 6.12. The standard InChI is InChI=1S/C20H32N4O3/c1-4-11-23(12-5-2)18-15-16(7-10-21-18)19(25)22-17-8-13-24(14-9-17)20(26)27-6-3/h7,10,15,17H,4-6,8-9,11-14H2,1-3H3,(H,22,25). The molecule has 27 heavy (non-hydrogen) atoms. The SMILES string of the molecule is CCCN(CCC)c1cc(C(=O)NC2CCN(C(=O)OCC)CC2)ccn1. The molecule has 0 aromatic carbocycles. The summed E-state index contributed by atoms with van der Waals surface area (Å²) >= 11 is 0. The normalized spacial score (nSPS) is 14.7. The van der Waals surface area contributed by atoms with Crippen LogP contribution in [0.1, 0.15) is 56.8 Å². The average molecular weight is 377 g/mol. The molecule has 0 bridgehead atoms. The molecular weight excluding hydrogens is 344 g/mol. The molecule has 2 rings (SSSR count). The number of amides is 2. The molecular formula is C20H32N4O3. The summed E-state index contributed by atoms with van der Waals surface area (Å²) in [4.78, 5) is 32.8. The predicted molar refractivity (Wildman–Crippen MR) is 106 cm³/mol. The lowest BCUT2D eigenvalue weighted by atomic mass is 10.0.